The summed E-state index contributed by atoms with van der Waals surface area (Å²) >= 11 is 0. The molecule has 6 bridgehead atoms. The second kappa shape index (κ2) is 14.2. The molecule has 0 fully saturated rings. The maximum Gasteiger partial charge on any atom is 0.252 e. The first-order valence-corrected chi connectivity index (χ1v) is 28.2. The Labute approximate surface area is 426 Å². The van der Waals surface area contributed by atoms with Crippen LogP contribution in [0.5, 0.6) is 0 Å². The SMILES string of the molecule is CC1(C)CC(C)(C)c2cc3c(cc21)B1c2cccc4c2N(c2ccccc2[Si]4(c2ccccc2)c2ccccc2)c2cc4cc(c21)N3c1ccc2c(c1)C(C)(CC2(C)C)c1cccc(c1)N4c1ccccc1. The van der Waals surface area contributed by atoms with Crippen molar-refractivity contribution in [2.24, 2.45) is 0 Å². The number of anilines is 9. The van der Waals surface area contributed by atoms with Crippen molar-refractivity contribution in [3.05, 3.63) is 228 Å². The highest BCUT2D eigenvalue weighted by Gasteiger charge is 2.55. The molecule has 5 heteroatoms. The number of para-hydroxylation sites is 3. The maximum absolute atomic E-state index is 2.94. The van der Waals surface area contributed by atoms with Crippen LogP contribution in [0.15, 0.2) is 200 Å². The van der Waals surface area contributed by atoms with Crippen molar-refractivity contribution in [1.29, 1.82) is 0 Å². The molecule has 1 unspecified atom stereocenters. The fourth-order valence-electron chi connectivity index (χ4n) is 15.8. The number of hydrogen-bond acceptors (Lipinski definition) is 3. The van der Waals surface area contributed by atoms with E-state index in [4.69, 9.17) is 0 Å². The Morgan fingerprint density at radius 3 is 1.68 bits per heavy atom. The first-order chi connectivity index (χ1) is 34.8. The van der Waals surface area contributed by atoms with Crippen LogP contribution in [-0.4, -0.2) is 14.8 Å². The predicted molar refractivity (Wildman–Crippen MR) is 307 cm³/mol. The Hall–Kier alpha value is -7.34. The molecule has 72 heavy (non-hydrogen) atoms. The van der Waals surface area contributed by atoms with E-state index in [0.717, 1.165) is 24.2 Å². The van der Waals surface area contributed by atoms with Gasteiger partial charge in [0.25, 0.3) is 6.71 Å². The van der Waals surface area contributed by atoms with Crippen molar-refractivity contribution < 1.29 is 0 Å². The average Bonchev–Trinajstić information content (AvgIpc) is 3.72. The fraction of sp³-hybridized carbons (Fsp3) is 0.194. The summed E-state index contributed by atoms with van der Waals surface area (Å²) in [5, 5.41) is 5.68. The molecule has 0 saturated heterocycles. The van der Waals surface area contributed by atoms with E-state index >= 15 is 0 Å². The van der Waals surface area contributed by atoms with Crippen molar-refractivity contribution in [2.45, 2.75) is 83.0 Å². The van der Waals surface area contributed by atoms with Gasteiger partial charge in [0.15, 0.2) is 8.07 Å². The van der Waals surface area contributed by atoms with Crippen LogP contribution in [0.4, 0.5) is 51.2 Å². The zero-order valence-electron chi connectivity index (χ0n) is 42.4. The first-order valence-electron chi connectivity index (χ1n) is 26.2. The van der Waals surface area contributed by atoms with E-state index < -0.39 is 8.07 Å². The van der Waals surface area contributed by atoms with Gasteiger partial charge in [-0.2, -0.15) is 0 Å². The monoisotopic (exact) mass is 943 g/mol. The minimum atomic E-state index is -2.94. The van der Waals surface area contributed by atoms with Crippen LogP contribution in [0.1, 0.15) is 89.1 Å². The van der Waals surface area contributed by atoms with E-state index in [1.165, 1.54) is 105 Å². The van der Waals surface area contributed by atoms with Crippen LogP contribution >= 0.6 is 0 Å². The third-order valence-corrected chi connectivity index (χ3v) is 23.2. The second-order valence-corrected chi connectivity index (χ2v) is 27.7. The molecule has 2 aliphatic carbocycles. The van der Waals surface area contributed by atoms with Crippen molar-refractivity contribution in [2.75, 3.05) is 14.7 Å². The van der Waals surface area contributed by atoms with Gasteiger partial charge in [0, 0.05) is 50.9 Å². The van der Waals surface area contributed by atoms with Crippen LogP contribution in [0, 0.1) is 0 Å². The smallest absolute Gasteiger partial charge is 0.252 e. The Kier molecular flexibility index (Phi) is 8.35. The van der Waals surface area contributed by atoms with Gasteiger partial charge < -0.3 is 14.7 Å². The van der Waals surface area contributed by atoms with Crippen molar-refractivity contribution in [3.8, 4) is 0 Å². The van der Waals surface area contributed by atoms with E-state index in [9.17, 15) is 0 Å². The molecule has 0 N–H and O–H groups in total. The van der Waals surface area contributed by atoms with Gasteiger partial charge in [-0.1, -0.05) is 188 Å². The molecule has 4 heterocycles. The predicted octanol–water partition coefficient (Wildman–Crippen LogP) is 12.2. The molecule has 3 nitrogen and oxygen atoms in total. The van der Waals surface area contributed by atoms with Gasteiger partial charge in [0.05, 0.1) is 5.69 Å². The quantitative estimate of drug-likeness (QED) is 0.163. The molecule has 0 spiro atoms. The zero-order valence-corrected chi connectivity index (χ0v) is 43.4. The molecule has 9 aromatic carbocycles. The summed E-state index contributed by atoms with van der Waals surface area (Å²) in [7, 11) is -2.94. The first kappa shape index (κ1) is 42.4. The lowest BCUT2D eigenvalue weighted by molar-refractivity contribution is 0.403. The van der Waals surface area contributed by atoms with Gasteiger partial charge in [0.1, 0.15) is 0 Å². The molecule has 6 aliphatic rings. The number of benzene rings is 9. The minimum absolute atomic E-state index is 0.00287. The summed E-state index contributed by atoms with van der Waals surface area (Å²) in [4.78, 5) is 7.97. The summed E-state index contributed by atoms with van der Waals surface area (Å²) < 4.78 is 0. The highest BCUT2D eigenvalue weighted by Crippen LogP contribution is 2.58. The summed E-state index contributed by atoms with van der Waals surface area (Å²) in [5.41, 5.74) is 22.3. The normalized spacial score (nSPS) is 19.9. The molecule has 9 aromatic rings. The molecular formula is C67H58BN3Si. The van der Waals surface area contributed by atoms with Crippen LogP contribution in [0.2, 0.25) is 0 Å². The highest BCUT2D eigenvalue weighted by molar-refractivity contribution is 7.22. The van der Waals surface area contributed by atoms with Crippen molar-refractivity contribution >= 4 is 103 Å². The van der Waals surface area contributed by atoms with Gasteiger partial charge in [0.2, 0.25) is 0 Å². The number of nitrogens with zero attached hydrogens (tertiary/aromatic N) is 3. The van der Waals surface area contributed by atoms with E-state index in [0.29, 0.717) is 0 Å². The third kappa shape index (κ3) is 5.37. The van der Waals surface area contributed by atoms with Crippen molar-refractivity contribution in [1.82, 2.24) is 0 Å². The fourth-order valence-corrected chi connectivity index (χ4v) is 20.9. The maximum atomic E-state index is 2.72. The number of rotatable bonds is 3. The Balaban J connectivity index is 1.13. The Morgan fingerprint density at radius 2 is 0.958 bits per heavy atom. The lowest BCUT2D eigenvalue weighted by Crippen LogP contribution is -2.79. The largest absolute Gasteiger partial charge is 0.312 e. The van der Waals surface area contributed by atoms with E-state index in [1.54, 1.807) is 0 Å². The molecule has 15 rings (SSSR count). The van der Waals surface area contributed by atoms with Crippen molar-refractivity contribution in [3.63, 3.8) is 0 Å². The molecule has 0 saturated carbocycles. The molecule has 0 radical (unpaired) electrons. The Morgan fingerprint density at radius 1 is 0.375 bits per heavy atom. The number of fused-ring (bicyclic) bond motifs is 14. The van der Waals surface area contributed by atoms with E-state index in [-0.39, 0.29) is 28.4 Å². The zero-order chi connectivity index (χ0) is 48.7. The van der Waals surface area contributed by atoms with Gasteiger partial charge in [-0.3, -0.25) is 0 Å². The second-order valence-electron chi connectivity index (χ2n) is 24.0. The lowest BCUT2D eigenvalue weighted by atomic mass is 9.33. The Bertz CT molecular complexity index is 3750. The minimum Gasteiger partial charge on any atom is -0.312 e. The van der Waals surface area contributed by atoms with E-state index in [2.05, 4.69) is 263 Å². The van der Waals surface area contributed by atoms with Gasteiger partial charge in [-0.05, 0) is 155 Å². The third-order valence-electron chi connectivity index (χ3n) is 18.3. The molecule has 4 aliphatic heterocycles. The van der Waals surface area contributed by atoms with Gasteiger partial charge >= 0.3 is 0 Å². The molecule has 0 aromatic heterocycles. The van der Waals surface area contributed by atoms with Crippen LogP contribution in [-0.2, 0) is 21.7 Å². The summed E-state index contributed by atoms with van der Waals surface area (Å²) in [6, 6.07) is 78.5. The standard InChI is InChI=1S/C67H58BN3Si/c1-64(2)41-65(3,4)52-40-57-55(39-51(52)64)68-54-29-20-32-61-63(54)71(56-30-17-18-31-60(56)72(61,48-25-13-9-14-26-48)49-27-15-10-16-28-49)59-38-47-37-58(62(59)68)70(57)46-33-34-50-53(36-46)67(7,42-66(50,5)6)43-21-19-24-45(35-43)69(47)44-22-11-8-12-23-44/h8-40H,41-42H2,1-7H3. The molecule has 0 amide bonds. The average molecular weight is 944 g/mol. The van der Waals surface area contributed by atoms with Crippen LogP contribution in [0.25, 0.3) is 0 Å². The van der Waals surface area contributed by atoms with E-state index in [1.807, 2.05) is 0 Å². The van der Waals surface area contributed by atoms with Crippen LogP contribution in [0.3, 0.4) is 0 Å². The molecular weight excluding hydrogens is 886 g/mol. The van der Waals surface area contributed by atoms with Gasteiger partial charge in [-0.25, -0.2) is 0 Å². The summed E-state index contributed by atoms with van der Waals surface area (Å²) in [6.45, 7) is 17.3. The lowest BCUT2D eigenvalue weighted by Gasteiger charge is -2.51. The molecule has 348 valence electrons. The topological polar surface area (TPSA) is 9.72 Å². The summed E-state index contributed by atoms with van der Waals surface area (Å²) in [6.07, 6.45) is 2.14. The highest BCUT2D eigenvalue weighted by atomic mass is 28.3. The van der Waals surface area contributed by atoms with Crippen LogP contribution < -0.4 is 51.8 Å². The molecule has 1 atom stereocenters. The van der Waals surface area contributed by atoms with Gasteiger partial charge in [-0.15, -0.1) is 0 Å². The summed E-state index contributed by atoms with van der Waals surface area (Å²) in [5.74, 6) is 0. The number of hydrogen-bond donors (Lipinski definition) is 0.